The van der Waals surface area contributed by atoms with Gasteiger partial charge in [-0.15, -0.1) is 21.5 Å². The second-order valence-electron chi connectivity index (χ2n) is 6.78. The maximum absolute atomic E-state index is 12.0. The summed E-state index contributed by atoms with van der Waals surface area (Å²) >= 11 is 2.84. The molecule has 0 aliphatic carbocycles. The van der Waals surface area contributed by atoms with Crippen LogP contribution in [0.15, 0.2) is 39.3 Å². The molecule has 3 aromatic rings. The number of thioether (sulfide) groups is 1. The first-order valence-electron chi connectivity index (χ1n) is 9.21. The molecule has 8 heteroatoms. The van der Waals surface area contributed by atoms with E-state index in [-0.39, 0.29) is 11.7 Å². The van der Waals surface area contributed by atoms with E-state index in [0.717, 1.165) is 17.1 Å². The van der Waals surface area contributed by atoms with Crippen LogP contribution >= 0.6 is 23.1 Å². The Morgan fingerprint density at radius 3 is 2.71 bits per heavy atom. The fraction of sp³-hybridized carbons (Fsp3) is 0.400. The van der Waals surface area contributed by atoms with Gasteiger partial charge in [-0.05, 0) is 30.4 Å². The highest BCUT2D eigenvalue weighted by Crippen LogP contribution is 2.18. The van der Waals surface area contributed by atoms with E-state index in [9.17, 15) is 4.79 Å². The molecule has 3 rings (SSSR count). The van der Waals surface area contributed by atoms with E-state index in [1.54, 1.807) is 11.3 Å². The summed E-state index contributed by atoms with van der Waals surface area (Å²) in [5.74, 6) is 1.25. The number of hydrogen-bond donors (Lipinski definition) is 1. The van der Waals surface area contributed by atoms with Gasteiger partial charge in [-0.25, -0.2) is 4.98 Å². The molecule has 6 nitrogen and oxygen atoms in total. The quantitative estimate of drug-likeness (QED) is 0.531. The molecule has 1 amide bonds. The van der Waals surface area contributed by atoms with E-state index < -0.39 is 0 Å². The zero-order chi connectivity index (χ0) is 19.9. The van der Waals surface area contributed by atoms with Gasteiger partial charge in [0.1, 0.15) is 0 Å². The van der Waals surface area contributed by atoms with Gasteiger partial charge in [-0.3, -0.25) is 4.79 Å². The number of carbonyl (C=O) groups is 1. The number of thiazole rings is 1. The van der Waals surface area contributed by atoms with Crippen molar-refractivity contribution in [2.75, 3.05) is 12.3 Å². The molecule has 2 aromatic heterocycles. The Balaban J connectivity index is 1.37. The molecule has 1 N–H and O–H groups in total. The van der Waals surface area contributed by atoms with Gasteiger partial charge in [-0.1, -0.05) is 49.9 Å². The third-order valence-electron chi connectivity index (χ3n) is 4.16. The largest absolute Gasteiger partial charge is 0.416 e. The molecule has 0 unspecified atom stereocenters. The summed E-state index contributed by atoms with van der Waals surface area (Å²) in [7, 11) is 0. The number of amides is 1. The normalized spacial score (nSPS) is 11.1. The smallest absolute Gasteiger partial charge is 0.277 e. The highest BCUT2D eigenvalue weighted by atomic mass is 32.2. The highest BCUT2D eigenvalue weighted by molar-refractivity contribution is 7.99. The Morgan fingerprint density at radius 1 is 1.25 bits per heavy atom. The van der Waals surface area contributed by atoms with Gasteiger partial charge in [-0.2, -0.15) is 0 Å². The molecule has 0 saturated heterocycles. The molecule has 0 atom stereocenters. The average Bonchev–Trinajstić information content (AvgIpc) is 3.29. The lowest BCUT2D eigenvalue weighted by molar-refractivity contribution is -0.118. The van der Waals surface area contributed by atoms with Crippen LogP contribution in [0, 0.1) is 6.92 Å². The molecular formula is C20H24N4O2S2. The van der Waals surface area contributed by atoms with Crippen molar-refractivity contribution in [3.05, 3.63) is 57.4 Å². The van der Waals surface area contributed by atoms with Crippen molar-refractivity contribution in [1.82, 2.24) is 20.5 Å². The van der Waals surface area contributed by atoms with Crippen LogP contribution in [-0.4, -0.2) is 33.4 Å². The molecule has 0 bridgehead atoms. The van der Waals surface area contributed by atoms with Crippen molar-refractivity contribution in [1.29, 1.82) is 0 Å². The van der Waals surface area contributed by atoms with E-state index >= 15 is 0 Å². The van der Waals surface area contributed by atoms with Gasteiger partial charge >= 0.3 is 0 Å². The Hall–Kier alpha value is -2.19. The van der Waals surface area contributed by atoms with Gasteiger partial charge in [0.15, 0.2) is 0 Å². The second kappa shape index (κ2) is 9.84. The van der Waals surface area contributed by atoms with Crippen LogP contribution in [0.1, 0.15) is 47.5 Å². The van der Waals surface area contributed by atoms with Crippen molar-refractivity contribution < 1.29 is 9.21 Å². The maximum atomic E-state index is 12.0. The lowest BCUT2D eigenvalue weighted by Gasteiger charge is -2.07. The SMILES string of the molecule is Cc1nc(Cc2nnc(SCC(=O)NCCc3ccc(C(C)C)cc3)o2)cs1. The summed E-state index contributed by atoms with van der Waals surface area (Å²) in [5.41, 5.74) is 3.46. The van der Waals surface area contributed by atoms with Crippen LogP contribution < -0.4 is 5.32 Å². The minimum Gasteiger partial charge on any atom is -0.416 e. The van der Waals surface area contributed by atoms with E-state index in [1.807, 2.05) is 12.3 Å². The third-order valence-corrected chi connectivity index (χ3v) is 5.80. The molecule has 148 valence electrons. The van der Waals surface area contributed by atoms with Crippen LogP contribution in [0.2, 0.25) is 0 Å². The Morgan fingerprint density at radius 2 is 2.04 bits per heavy atom. The van der Waals surface area contributed by atoms with Gasteiger partial charge < -0.3 is 9.73 Å². The zero-order valence-corrected chi connectivity index (χ0v) is 17.9. The van der Waals surface area contributed by atoms with Crippen LogP contribution in [-0.2, 0) is 17.6 Å². The summed E-state index contributed by atoms with van der Waals surface area (Å²) in [4.78, 5) is 16.4. The molecule has 0 saturated carbocycles. The first kappa shape index (κ1) is 20.5. The predicted octanol–water partition coefficient (Wildman–Crippen LogP) is 4.00. The Bertz CT molecular complexity index is 903. The molecule has 2 heterocycles. The molecule has 1 aromatic carbocycles. The number of carbonyl (C=O) groups excluding carboxylic acids is 1. The van der Waals surface area contributed by atoms with Gasteiger partial charge in [0.25, 0.3) is 5.22 Å². The lowest BCUT2D eigenvalue weighted by Crippen LogP contribution is -2.27. The molecule has 0 radical (unpaired) electrons. The number of nitrogens with one attached hydrogen (secondary N) is 1. The molecule has 0 aliphatic heterocycles. The predicted molar refractivity (Wildman–Crippen MR) is 112 cm³/mol. The van der Waals surface area contributed by atoms with E-state index in [0.29, 0.717) is 30.0 Å². The summed E-state index contributed by atoms with van der Waals surface area (Å²) in [6.07, 6.45) is 1.33. The second-order valence-corrected chi connectivity index (χ2v) is 8.77. The molecular weight excluding hydrogens is 392 g/mol. The zero-order valence-electron chi connectivity index (χ0n) is 16.3. The number of benzene rings is 1. The lowest BCUT2D eigenvalue weighted by atomic mass is 10.0. The summed E-state index contributed by atoms with van der Waals surface area (Å²) < 4.78 is 5.58. The summed E-state index contributed by atoms with van der Waals surface area (Å²) in [6, 6.07) is 8.55. The standard InChI is InChI=1S/C20H24N4O2S2/c1-13(2)16-6-4-15(5-7-16)8-9-21-18(25)12-28-20-24-23-19(26-20)10-17-11-27-14(3)22-17/h4-7,11,13H,8-10,12H2,1-3H3,(H,21,25). The fourth-order valence-electron chi connectivity index (χ4n) is 2.61. The van der Waals surface area contributed by atoms with Crippen molar-refractivity contribution in [3.63, 3.8) is 0 Å². The van der Waals surface area contributed by atoms with Crippen LogP contribution in [0.3, 0.4) is 0 Å². The van der Waals surface area contributed by atoms with Gasteiger partial charge in [0.05, 0.1) is 22.9 Å². The summed E-state index contributed by atoms with van der Waals surface area (Å²) in [6.45, 7) is 6.93. The number of rotatable bonds is 9. The van der Waals surface area contributed by atoms with Gasteiger partial charge in [0, 0.05) is 11.9 Å². The number of hydrogen-bond acceptors (Lipinski definition) is 7. The van der Waals surface area contributed by atoms with Crippen molar-refractivity contribution >= 4 is 29.0 Å². The van der Waals surface area contributed by atoms with Crippen molar-refractivity contribution in [2.45, 2.75) is 44.8 Å². The highest BCUT2D eigenvalue weighted by Gasteiger charge is 2.11. The first-order chi connectivity index (χ1) is 13.5. The Labute approximate surface area is 173 Å². The van der Waals surface area contributed by atoms with E-state index in [4.69, 9.17) is 4.42 Å². The van der Waals surface area contributed by atoms with E-state index in [1.165, 1.54) is 22.9 Å². The molecule has 0 spiro atoms. The van der Waals surface area contributed by atoms with Crippen LogP contribution in [0.4, 0.5) is 0 Å². The summed E-state index contributed by atoms with van der Waals surface area (Å²) in [5, 5.41) is 14.3. The van der Waals surface area contributed by atoms with Crippen LogP contribution in [0.5, 0.6) is 0 Å². The molecule has 28 heavy (non-hydrogen) atoms. The Kier molecular flexibility index (Phi) is 7.22. The molecule has 0 aliphatic rings. The minimum atomic E-state index is -0.0429. The number of aromatic nitrogens is 3. The fourth-order valence-corrected chi connectivity index (χ4v) is 3.83. The molecule has 0 fully saturated rings. The van der Waals surface area contributed by atoms with Crippen molar-refractivity contribution in [3.8, 4) is 0 Å². The number of nitrogens with zero attached hydrogens (tertiary/aromatic N) is 3. The topological polar surface area (TPSA) is 80.9 Å². The van der Waals surface area contributed by atoms with Gasteiger partial charge in [0.2, 0.25) is 11.8 Å². The van der Waals surface area contributed by atoms with Crippen molar-refractivity contribution in [2.24, 2.45) is 0 Å². The minimum absolute atomic E-state index is 0.0429. The monoisotopic (exact) mass is 416 g/mol. The maximum Gasteiger partial charge on any atom is 0.277 e. The number of aryl methyl sites for hydroxylation is 1. The van der Waals surface area contributed by atoms with E-state index in [2.05, 4.69) is 58.6 Å². The first-order valence-corrected chi connectivity index (χ1v) is 11.1. The van der Waals surface area contributed by atoms with Crippen LogP contribution in [0.25, 0.3) is 0 Å². The average molecular weight is 417 g/mol. The third kappa shape index (κ3) is 6.17.